The largest absolute Gasteiger partial charge is 0.486 e. The summed E-state index contributed by atoms with van der Waals surface area (Å²) in [6.07, 6.45) is 1.16. The molecule has 1 amide bonds. The summed E-state index contributed by atoms with van der Waals surface area (Å²) in [5.74, 6) is 1.55. The molecule has 150 valence electrons. The highest BCUT2D eigenvalue weighted by Gasteiger charge is 2.32. The standard InChI is InChI=1S/C19H28N2O5S/c1-3-20(14-15-5-6-17-18(13-15)26-12-11-25-17)19(22)16-7-9-21(10-8-16)27(23,24)4-2/h5-6,13,16H,3-4,7-12,14H2,1-2H3. The van der Waals surface area contributed by atoms with Gasteiger partial charge >= 0.3 is 0 Å². The van der Waals surface area contributed by atoms with E-state index < -0.39 is 10.0 Å². The number of benzene rings is 1. The summed E-state index contributed by atoms with van der Waals surface area (Å²) in [6, 6.07) is 5.77. The number of sulfonamides is 1. The van der Waals surface area contributed by atoms with Crippen molar-refractivity contribution in [3.05, 3.63) is 23.8 Å². The Balaban J connectivity index is 1.62. The van der Waals surface area contributed by atoms with Gasteiger partial charge in [0.25, 0.3) is 0 Å². The number of hydrogen-bond acceptors (Lipinski definition) is 5. The zero-order valence-electron chi connectivity index (χ0n) is 16.0. The molecule has 27 heavy (non-hydrogen) atoms. The third-order valence-corrected chi connectivity index (χ3v) is 7.12. The molecule has 0 bridgehead atoms. The topological polar surface area (TPSA) is 76.2 Å². The predicted molar refractivity (Wildman–Crippen MR) is 102 cm³/mol. The van der Waals surface area contributed by atoms with Crippen LogP contribution in [0.5, 0.6) is 11.5 Å². The van der Waals surface area contributed by atoms with E-state index in [1.165, 1.54) is 4.31 Å². The first kappa shape index (κ1) is 19.9. The first-order chi connectivity index (χ1) is 12.9. The molecule has 0 radical (unpaired) electrons. The van der Waals surface area contributed by atoms with Gasteiger partial charge in [-0.05, 0) is 44.4 Å². The Morgan fingerprint density at radius 1 is 1.15 bits per heavy atom. The molecule has 2 aliphatic heterocycles. The van der Waals surface area contributed by atoms with Crippen molar-refractivity contribution in [1.82, 2.24) is 9.21 Å². The number of piperidine rings is 1. The molecular weight excluding hydrogens is 368 g/mol. The van der Waals surface area contributed by atoms with Crippen LogP contribution in [0, 0.1) is 5.92 Å². The van der Waals surface area contributed by atoms with Crippen molar-refractivity contribution in [3.63, 3.8) is 0 Å². The number of carbonyl (C=O) groups excluding carboxylic acids is 1. The second-order valence-corrected chi connectivity index (χ2v) is 9.16. The molecule has 8 heteroatoms. The zero-order chi connectivity index (χ0) is 19.4. The van der Waals surface area contributed by atoms with Crippen molar-refractivity contribution in [2.45, 2.75) is 33.2 Å². The van der Waals surface area contributed by atoms with Crippen molar-refractivity contribution in [1.29, 1.82) is 0 Å². The maximum Gasteiger partial charge on any atom is 0.226 e. The number of hydrogen-bond donors (Lipinski definition) is 0. The lowest BCUT2D eigenvalue weighted by Gasteiger charge is -2.33. The Morgan fingerprint density at radius 2 is 1.81 bits per heavy atom. The van der Waals surface area contributed by atoms with Crippen LogP contribution < -0.4 is 9.47 Å². The zero-order valence-corrected chi connectivity index (χ0v) is 16.8. The van der Waals surface area contributed by atoms with Crippen LogP contribution in [0.25, 0.3) is 0 Å². The van der Waals surface area contributed by atoms with Crippen LogP contribution >= 0.6 is 0 Å². The maximum atomic E-state index is 13.0. The maximum absolute atomic E-state index is 13.0. The molecule has 7 nitrogen and oxygen atoms in total. The third kappa shape index (κ3) is 4.55. The predicted octanol–water partition coefficient (Wildman–Crippen LogP) is 1.87. The van der Waals surface area contributed by atoms with Crippen LogP contribution in [0.1, 0.15) is 32.3 Å². The molecule has 1 saturated heterocycles. The Labute approximate surface area is 161 Å². The van der Waals surface area contributed by atoms with Gasteiger partial charge in [-0.15, -0.1) is 0 Å². The number of ether oxygens (including phenoxy) is 2. The molecule has 1 aromatic rings. The van der Waals surface area contributed by atoms with E-state index in [0.29, 0.717) is 52.2 Å². The first-order valence-electron chi connectivity index (χ1n) is 9.59. The fourth-order valence-corrected chi connectivity index (χ4v) is 4.71. The van der Waals surface area contributed by atoms with Crippen molar-refractivity contribution < 1.29 is 22.7 Å². The fourth-order valence-electron chi connectivity index (χ4n) is 3.57. The Morgan fingerprint density at radius 3 is 2.44 bits per heavy atom. The smallest absolute Gasteiger partial charge is 0.226 e. The molecule has 0 atom stereocenters. The van der Waals surface area contributed by atoms with Crippen LogP contribution in [0.3, 0.4) is 0 Å². The van der Waals surface area contributed by atoms with E-state index in [4.69, 9.17) is 9.47 Å². The molecule has 0 aliphatic carbocycles. The number of fused-ring (bicyclic) bond motifs is 1. The molecule has 0 spiro atoms. The molecule has 1 aromatic carbocycles. The van der Waals surface area contributed by atoms with Gasteiger partial charge in [-0.3, -0.25) is 4.79 Å². The Hall–Kier alpha value is -1.80. The first-order valence-corrected chi connectivity index (χ1v) is 11.2. The molecule has 0 unspecified atom stereocenters. The van der Waals surface area contributed by atoms with Gasteiger partial charge in [0, 0.05) is 32.1 Å². The lowest BCUT2D eigenvalue weighted by atomic mass is 9.96. The lowest BCUT2D eigenvalue weighted by Crippen LogP contribution is -2.44. The average Bonchev–Trinajstić information content (AvgIpc) is 2.71. The second-order valence-electron chi connectivity index (χ2n) is 6.90. The molecule has 3 rings (SSSR count). The number of nitrogens with zero attached hydrogens (tertiary/aromatic N) is 2. The molecule has 0 saturated carbocycles. The lowest BCUT2D eigenvalue weighted by molar-refractivity contribution is -0.137. The van der Waals surface area contributed by atoms with Crippen LogP contribution in [-0.4, -0.2) is 62.1 Å². The van der Waals surface area contributed by atoms with Crippen molar-refractivity contribution >= 4 is 15.9 Å². The van der Waals surface area contributed by atoms with Gasteiger partial charge in [0.05, 0.1) is 5.75 Å². The third-order valence-electron chi connectivity index (χ3n) is 5.23. The van der Waals surface area contributed by atoms with Gasteiger partial charge in [-0.2, -0.15) is 0 Å². The Bertz CT molecular complexity index is 772. The van der Waals surface area contributed by atoms with Crippen LogP contribution in [0.4, 0.5) is 0 Å². The van der Waals surface area contributed by atoms with Crippen molar-refractivity contribution in [2.24, 2.45) is 5.92 Å². The van der Waals surface area contributed by atoms with Gasteiger partial charge in [-0.25, -0.2) is 12.7 Å². The summed E-state index contributed by atoms with van der Waals surface area (Å²) in [5, 5.41) is 0. The number of carbonyl (C=O) groups is 1. The normalized spacial score (nSPS) is 18.3. The van der Waals surface area contributed by atoms with E-state index in [2.05, 4.69) is 0 Å². The monoisotopic (exact) mass is 396 g/mol. The quantitative estimate of drug-likeness (QED) is 0.734. The molecule has 0 aromatic heterocycles. The van der Waals surface area contributed by atoms with Crippen LogP contribution in [0.15, 0.2) is 18.2 Å². The highest BCUT2D eigenvalue weighted by Crippen LogP contribution is 2.31. The van der Waals surface area contributed by atoms with Crippen LogP contribution in [0.2, 0.25) is 0 Å². The van der Waals surface area contributed by atoms with Gasteiger partial charge < -0.3 is 14.4 Å². The molecule has 1 fully saturated rings. The van der Waals surface area contributed by atoms with Gasteiger partial charge in [0.15, 0.2) is 11.5 Å². The fraction of sp³-hybridized carbons (Fsp3) is 0.632. The second kappa shape index (κ2) is 8.48. The van der Waals surface area contributed by atoms with E-state index in [1.807, 2.05) is 30.0 Å². The van der Waals surface area contributed by atoms with E-state index in [9.17, 15) is 13.2 Å². The summed E-state index contributed by atoms with van der Waals surface area (Å²) in [7, 11) is -3.17. The highest BCUT2D eigenvalue weighted by atomic mass is 32.2. The minimum atomic E-state index is -3.17. The summed E-state index contributed by atoms with van der Waals surface area (Å²) in [4.78, 5) is 14.8. The summed E-state index contributed by atoms with van der Waals surface area (Å²) in [6.45, 7) is 6.68. The number of rotatable bonds is 6. The van der Waals surface area contributed by atoms with Gasteiger partial charge in [-0.1, -0.05) is 6.07 Å². The minimum absolute atomic E-state index is 0.0981. The summed E-state index contributed by atoms with van der Waals surface area (Å²) < 4.78 is 36.6. The van der Waals surface area contributed by atoms with Crippen LogP contribution in [-0.2, 0) is 21.4 Å². The summed E-state index contributed by atoms with van der Waals surface area (Å²) >= 11 is 0. The average molecular weight is 397 g/mol. The van der Waals surface area contributed by atoms with E-state index in [1.54, 1.807) is 6.92 Å². The van der Waals surface area contributed by atoms with E-state index in [-0.39, 0.29) is 17.6 Å². The summed E-state index contributed by atoms with van der Waals surface area (Å²) in [5.41, 5.74) is 1.00. The Kier molecular flexibility index (Phi) is 6.26. The van der Waals surface area contributed by atoms with Crippen molar-refractivity contribution in [3.8, 4) is 11.5 Å². The van der Waals surface area contributed by atoms with E-state index >= 15 is 0 Å². The molecular formula is C19H28N2O5S. The number of amides is 1. The molecule has 2 heterocycles. The minimum Gasteiger partial charge on any atom is -0.486 e. The van der Waals surface area contributed by atoms with Crippen molar-refractivity contribution in [2.75, 3.05) is 38.6 Å². The highest BCUT2D eigenvalue weighted by molar-refractivity contribution is 7.89. The molecule has 2 aliphatic rings. The van der Waals surface area contributed by atoms with Gasteiger partial charge in [0.2, 0.25) is 15.9 Å². The SMILES string of the molecule is CCN(Cc1ccc2c(c1)OCCO2)C(=O)C1CCN(S(=O)(=O)CC)CC1. The molecule has 0 N–H and O–H groups in total. The van der Waals surface area contributed by atoms with E-state index in [0.717, 1.165) is 17.1 Å². The van der Waals surface area contributed by atoms with Gasteiger partial charge in [0.1, 0.15) is 13.2 Å².